The first-order chi connectivity index (χ1) is 11.1. The second kappa shape index (κ2) is 8.36. The van der Waals surface area contributed by atoms with Crippen molar-refractivity contribution < 1.29 is 14.0 Å². The van der Waals surface area contributed by atoms with Gasteiger partial charge in [0.15, 0.2) is 5.76 Å². The fourth-order valence-electron chi connectivity index (χ4n) is 1.94. The predicted octanol–water partition coefficient (Wildman–Crippen LogP) is 3.12. The number of rotatable bonds is 7. The average molecular weight is 336 g/mol. The van der Waals surface area contributed by atoms with Gasteiger partial charge in [-0.2, -0.15) is 0 Å². The summed E-state index contributed by atoms with van der Waals surface area (Å²) < 4.78 is 5.01. The van der Waals surface area contributed by atoms with E-state index in [0.29, 0.717) is 22.8 Å². The van der Waals surface area contributed by atoms with Crippen LogP contribution in [0.5, 0.6) is 0 Å². The zero-order chi connectivity index (χ0) is 16.7. The van der Waals surface area contributed by atoms with E-state index >= 15 is 0 Å². The van der Waals surface area contributed by atoms with E-state index in [1.807, 2.05) is 7.05 Å². The van der Waals surface area contributed by atoms with Gasteiger partial charge < -0.3 is 20.4 Å². The SMILES string of the molecule is CNCCCC(=O)Nc1ccc(NC(=O)c2ccco2)c(Cl)c1. The molecule has 0 radical (unpaired) electrons. The van der Waals surface area contributed by atoms with E-state index in [1.165, 1.54) is 6.26 Å². The molecule has 1 aromatic heterocycles. The minimum absolute atomic E-state index is 0.0799. The van der Waals surface area contributed by atoms with Crippen molar-refractivity contribution in [3.63, 3.8) is 0 Å². The van der Waals surface area contributed by atoms with Crippen LogP contribution in [0.25, 0.3) is 0 Å². The maximum Gasteiger partial charge on any atom is 0.291 e. The number of anilines is 2. The smallest absolute Gasteiger partial charge is 0.291 e. The molecule has 1 heterocycles. The van der Waals surface area contributed by atoms with Crippen LogP contribution in [0, 0.1) is 0 Å². The van der Waals surface area contributed by atoms with Gasteiger partial charge in [-0.05, 0) is 50.3 Å². The van der Waals surface area contributed by atoms with E-state index < -0.39 is 0 Å². The third-order valence-electron chi connectivity index (χ3n) is 3.08. The van der Waals surface area contributed by atoms with E-state index in [0.717, 1.165) is 13.0 Å². The number of halogens is 1. The van der Waals surface area contributed by atoms with Crippen LogP contribution in [-0.2, 0) is 4.79 Å². The maximum atomic E-state index is 11.9. The van der Waals surface area contributed by atoms with Gasteiger partial charge in [0.25, 0.3) is 5.91 Å². The first-order valence-corrected chi connectivity index (χ1v) is 7.57. The van der Waals surface area contributed by atoms with Crippen molar-refractivity contribution in [3.8, 4) is 0 Å². The van der Waals surface area contributed by atoms with Gasteiger partial charge in [0, 0.05) is 12.1 Å². The Balaban J connectivity index is 1.95. The fraction of sp³-hybridized carbons (Fsp3) is 0.250. The quantitative estimate of drug-likeness (QED) is 0.679. The Morgan fingerprint density at radius 1 is 1.22 bits per heavy atom. The molecular formula is C16H18ClN3O3. The number of amides is 2. The number of furan rings is 1. The molecule has 0 fully saturated rings. The normalized spacial score (nSPS) is 10.3. The van der Waals surface area contributed by atoms with Crippen LogP contribution in [0.4, 0.5) is 11.4 Å². The highest BCUT2D eigenvalue weighted by molar-refractivity contribution is 6.34. The van der Waals surface area contributed by atoms with Crippen LogP contribution >= 0.6 is 11.6 Å². The fourth-order valence-corrected chi connectivity index (χ4v) is 2.16. The van der Waals surface area contributed by atoms with Gasteiger partial charge in [0.2, 0.25) is 5.91 Å². The second-order valence-electron chi connectivity index (χ2n) is 4.88. The van der Waals surface area contributed by atoms with Crippen LogP contribution in [0.3, 0.4) is 0 Å². The van der Waals surface area contributed by atoms with Crippen molar-refractivity contribution in [1.29, 1.82) is 0 Å². The molecule has 0 aliphatic rings. The molecule has 122 valence electrons. The summed E-state index contributed by atoms with van der Waals surface area (Å²) >= 11 is 6.14. The highest BCUT2D eigenvalue weighted by atomic mass is 35.5. The lowest BCUT2D eigenvalue weighted by Gasteiger charge is -2.09. The molecule has 0 aliphatic carbocycles. The Labute approximate surface area is 139 Å². The van der Waals surface area contributed by atoms with Crippen LogP contribution in [0.15, 0.2) is 41.0 Å². The lowest BCUT2D eigenvalue weighted by atomic mass is 10.2. The summed E-state index contributed by atoms with van der Waals surface area (Å²) in [5.74, 6) is -0.271. The highest BCUT2D eigenvalue weighted by Gasteiger charge is 2.11. The summed E-state index contributed by atoms with van der Waals surface area (Å²) in [6, 6.07) is 8.09. The van der Waals surface area contributed by atoms with Crippen molar-refractivity contribution in [3.05, 3.63) is 47.4 Å². The summed E-state index contributed by atoms with van der Waals surface area (Å²) in [6.45, 7) is 0.784. The largest absolute Gasteiger partial charge is 0.459 e. The third-order valence-corrected chi connectivity index (χ3v) is 3.39. The standard InChI is InChI=1S/C16H18ClN3O3/c1-18-8-2-5-15(21)19-11-6-7-13(12(17)10-11)20-16(22)14-4-3-9-23-14/h3-4,6-7,9-10,18H,2,5,8H2,1H3,(H,19,21)(H,20,22). The van der Waals surface area contributed by atoms with Crippen LogP contribution in [-0.4, -0.2) is 25.4 Å². The lowest BCUT2D eigenvalue weighted by molar-refractivity contribution is -0.116. The van der Waals surface area contributed by atoms with Crippen LogP contribution in [0.2, 0.25) is 5.02 Å². The number of hydrogen-bond acceptors (Lipinski definition) is 4. The Morgan fingerprint density at radius 3 is 2.70 bits per heavy atom. The lowest BCUT2D eigenvalue weighted by Crippen LogP contribution is -2.15. The minimum atomic E-state index is -0.388. The zero-order valence-electron chi connectivity index (χ0n) is 12.7. The molecule has 3 N–H and O–H groups in total. The highest BCUT2D eigenvalue weighted by Crippen LogP contribution is 2.26. The first-order valence-electron chi connectivity index (χ1n) is 7.19. The van der Waals surface area contributed by atoms with Crippen molar-refractivity contribution in [2.75, 3.05) is 24.2 Å². The molecule has 0 unspecified atom stereocenters. The molecule has 0 bridgehead atoms. The van der Waals surface area contributed by atoms with Gasteiger partial charge in [-0.25, -0.2) is 0 Å². The first kappa shape index (κ1) is 17.1. The van der Waals surface area contributed by atoms with Gasteiger partial charge in [-0.15, -0.1) is 0 Å². The van der Waals surface area contributed by atoms with E-state index in [9.17, 15) is 9.59 Å². The Kier molecular flexibility index (Phi) is 6.19. The molecule has 7 heteroatoms. The Bertz CT molecular complexity index is 671. The van der Waals surface area contributed by atoms with Gasteiger partial charge in [-0.3, -0.25) is 9.59 Å². The molecule has 0 saturated carbocycles. The molecular weight excluding hydrogens is 318 g/mol. The summed E-state index contributed by atoms with van der Waals surface area (Å²) in [5, 5.41) is 8.73. The molecule has 0 aliphatic heterocycles. The third kappa shape index (κ3) is 5.12. The molecule has 2 rings (SSSR count). The molecule has 0 spiro atoms. The Hall–Kier alpha value is -2.31. The van der Waals surface area contributed by atoms with Gasteiger partial charge in [0.1, 0.15) is 0 Å². The van der Waals surface area contributed by atoms with Crippen molar-refractivity contribution >= 4 is 34.8 Å². The Morgan fingerprint density at radius 2 is 2.04 bits per heavy atom. The zero-order valence-corrected chi connectivity index (χ0v) is 13.4. The molecule has 0 atom stereocenters. The van der Waals surface area contributed by atoms with Crippen LogP contribution in [0.1, 0.15) is 23.4 Å². The predicted molar refractivity (Wildman–Crippen MR) is 89.9 cm³/mol. The molecule has 2 aromatic rings. The summed E-state index contributed by atoms with van der Waals surface area (Å²) in [5.41, 5.74) is 1.03. The number of carbonyl (C=O) groups is 2. The van der Waals surface area contributed by atoms with Gasteiger partial charge in [-0.1, -0.05) is 11.6 Å². The van der Waals surface area contributed by atoms with E-state index in [-0.39, 0.29) is 17.6 Å². The summed E-state index contributed by atoms with van der Waals surface area (Å²) in [4.78, 5) is 23.7. The van der Waals surface area contributed by atoms with Crippen molar-refractivity contribution in [2.45, 2.75) is 12.8 Å². The average Bonchev–Trinajstić information content (AvgIpc) is 3.04. The molecule has 6 nitrogen and oxygen atoms in total. The van der Waals surface area contributed by atoms with Crippen molar-refractivity contribution in [2.24, 2.45) is 0 Å². The second-order valence-corrected chi connectivity index (χ2v) is 5.29. The topological polar surface area (TPSA) is 83.4 Å². The van der Waals surface area contributed by atoms with E-state index in [4.69, 9.17) is 16.0 Å². The van der Waals surface area contributed by atoms with Crippen molar-refractivity contribution in [1.82, 2.24) is 5.32 Å². The summed E-state index contributed by atoms with van der Waals surface area (Å²) in [7, 11) is 1.84. The van der Waals surface area contributed by atoms with E-state index in [2.05, 4.69) is 16.0 Å². The number of carbonyl (C=O) groups excluding carboxylic acids is 2. The van der Waals surface area contributed by atoms with Gasteiger partial charge in [0.05, 0.1) is 17.0 Å². The molecule has 23 heavy (non-hydrogen) atoms. The summed E-state index contributed by atoms with van der Waals surface area (Å²) in [6.07, 6.45) is 2.60. The molecule has 0 saturated heterocycles. The molecule has 2 amide bonds. The molecule has 1 aromatic carbocycles. The monoisotopic (exact) mass is 335 g/mol. The van der Waals surface area contributed by atoms with Gasteiger partial charge >= 0.3 is 0 Å². The van der Waals surface area contributed by atoms with Crippen LogP contribution < -0.4 is 16.0 Å². The maximum absolute atomic E-state index is 11.9. The number of hydrogen-bond donors (Lipinski definition) is 3. The van der Waals surface area contributed by atoms with E-state index in [1.54, 1.807) is 30.3 Å². The number of benzene rings is 1. The number of nitrogens with one attached hydrogen (secondary N) is 3. The minimum Gasteiger partial charge on any atom is -0.459 e.